The number of hydrogen-bond donors (Lipinski definition) is 4. The first-order valence-corrected chi connectivity index (χ1v) is 5.61. The van der Waals surface area contributed by atoms with Crippen molar-refractivity contribution in [3.05, 3.63) is 29.8 Å². The van der Waals surface area contributed by atoms with Gasteiger partial charge in [0.2, 0.25) is 17.7 Å². The van der Waals surface area contributed by atoms with Crippen molar-refractivity contribution in [1.82, 2.24) is 0 Å². The molecule has 0 aliphatic carbocycles. The smallest absolute Gasteiger partial charge is 0.241 e. The average Bonchev–Trinajstić information content (AvgIpc) is 2.30. The van der Waals surface area contributed by atoms with Crippen molar-refractivity contribution in [2.24, 2.45) is 17.2 Å². The van der Waals surface area contributed by atoms with E-state index in [1.54, 1.807) is 24.3 Å². The molecular weight excluding hydrogens is 248 g/mol. The first kappa shape index (κ1) is 14.7. The molecular formula is C12H16N4O3. The van der Waals surface area contributed by atoms with Gasteiger partial charge in [0.05, 0.1) is 18.9 Å². The minimum Gasteiger partial charge on any atom is -0.370 e. The monoisotopic (exact) mass is 264 g/mol. The highest BCUT2D eigenvalue weighted by atomic mass is 16.2. The summed E-state index contributed by atoms with van der Waals surface area (Å²) in [5, 5.41) is 2.54. The topological polar surface area (TPSA) is 141 Å². The van der Waals surface area contributed by atoms with Crippen LogP contribution in [0.2, 0.25) is 0 Å². The Morgan fingerprint density at radius 1 is 1.11 bits per heavy atom. The molecule has 102 valence electrons. The summed E-state index contributed by atoms with van der Waals surface area (Å²) in [5.74, 6) is -1.72. The predicted octanol–water partition coefficient (Wildman–Crippen LogP) is -1.14. The number of amides is 3. The number of primary amides is 2. The predicted molar refractivity (Wildman–Crippen MR) is 69.8 cm³/mol. The van der Waals surface area contributed by atoms with Gasteiger partial charge in [0.1, 0.15) is 0 Å². The third-order valence-corrected chi connectivity index (χ3v) is 2.40. The molecule has 1 rings (SSSR count). The van der Waals surface area contributed by atoms with Crippen LogP contribution >= 0.6 is 0 Å². The van der Waals surface area contributed by atoms with Crippen LogP contribution in [0, 0.1) is 0 Å². The molecule has 1 atom stereocenters. The summed E-state index contributed by atoms with van der Waals surface area (Å²) in [6.07, 6.45) is -0.245. The fraction of sp³-hybridized carbons (Fsp3) is 0.250. The summed E-state index contributed by atoms with van der Waals surface area (Å²) in [5.41, 5.74) is 16.6. The second kappa shape index (κ2) is 6.50. The number of nitrogens with two attached hydrogens (primary N) is 3. The Labute approximate surface area is 110 Å². The molecule has 19 heavy (non-hydrogen) atoms. The van der Waals surface area contributed by atoms with Crippen LogP contribution in [0.4, 0.5) is 5.69 Å². The lowest BCUT2D eigenvalue weighted by atomic mass is 10.1. The highest BCUT2D eigenvalue weighted by Crippen LogP contribution is 2.15. The van der Waals surface area contributed by atoms with Gasteiger partial charge in [-0.3, -0.25) is 14.4 Å². The molecule has 0 bridgehead atoms. The molecule has 1 aromatic carbocycles. The maximum Gasteiger partial charge on any atom is 0.241 e. The molecule has 0 aliphatic rings. The lowest BCUT2D eigenvalue weighted by Crippen LogP contribution is -2.39. The normalized spacial score (nSPS) is 11.6. The molecule has 7 heteroatoms. The van der Waals surface area contributed by atoms with Crippen molar-refractivity contribution in [3.8, 4) is 0 Å². The highest BCUT2D eigenvalue weighted by Gasteiger charge is 2.17. The van der Waals surface area contributed by atoms with Crippen molar-refractivity contribution in [1.29, 1.82) is 0 Å². The van der Waals surface area contributed by atoms with Crippen molar-refractivity contribution >= 4 is 23.4 Å². The average molecular weight is 264 g/mol. The van der Waals surface area contributed by atoms with Gasteiger partial charge < -0.3 is 22.5 Å². The third kappa shape index (κ3) is 4.76. The van der Waals surface area contributed by atoms with Crippen LogP contribution < -0.4 is 22.5 Å². The SMILES string of the molecule is NC(=O)Cc1ccccc1NC(=O)C(N)CC(N)=O. The van der Waals surface area contributed by atoms with Crippen molar-refractivity contribution in [2.75, 3.05) is 5.32 Å². The van der Waals surface area contributed by atoms with Gasteiger partial charge in [0, 0.05) is 5.69 Å². The Kier molecular flexibility index (Phi) is 5.01. The summed E-state index contributed by atoms with van der Waals surface area (Å²) < 4.78 is 0. The standard InChI is InChI=1S/C12H16N4O3/c13-8(6-11(15)18)12(19)16-9-4-2-1-3-7(9)5-10(14)17/h1-4,8H,5-6,13H2,(H2,14,17)(H2,15,18)(H,16,19). The first-order chi connectivity index (χ1) is 8.90. The van der Waals surface area contributed by atoms with E-state index < -0.39 is 23.8 Å². The Hall–Kier alpha value is -2.41. The number of para-hydroxylation sites is 1. The van der Waals surface area contributed by atoms with E-state index in [0.29, 0.717) is 11.3 Å². The van der Waals surface area contributed by atoms with Gasteiger partial charge in [-0.05, 0) is 11.6 Å². The molecule has 7 nitrogen and oxygen atoms in total. The van der Waals surface area contributed by atoms with E-state index in [9.17, 15) is 14.4 Å². The zero-order valence-corrected chi connectivity index (χ0v) is 10.3. The van der Waals surface area contributed by atoms with E-state index in [2.05, 4.69) is 5.32 Å². The fourth-order valence-corrected chi connectivity index (χ4v) is 1.52. The van der Waals surface area contributed by atoms with Gasteiger partial charge in [-0.2, -0.15) is 0 Å². The molecule has 1 aromatic rings. The maximum atomic E-state index is 11.7. The summed E-state index contributed by atoms with van der Waals surface area (Å²) in [6, 6.07) is 5.67. The minimum absolute atomic E-state index is 0.00150. The van der Waals surface area contributed by atoms with Crippen molar-refractivity contribution in [3.63, 3.8) is 0 Å². The van der Waals surface area contributed by atoms with Gasteiger partial charge in [0.15, 0.2) is 0 Å². The van der Waals surface area contributed by atoms with E-state index in [0.717, 1.165) is 0 Å². The lowest BCUT2D eigenvalue weighted by Gasteiger charge is -2.13. The minimum atomic E-state index is -1.03. The van der Waals surface area contributed by atoms with E-state index >= 15 is 0 Å². The van der Waals surface area contributed by atoms with Gasteiger partial charge in [-0.1, -0.05) is 18.2 Å². The molecule has 0 fully saturated rings. The number of rotatable bonds is 6. The van der Waals surface area contributed by atoms with Crippen LogP contribution in [-0.4, -0.2) is 23.8 Å². The fourth-order valence-electron chi connectivity index (χ4n) is 1.52. The van der Waals surface area contributed by atoms with Crippen LogP contribution in [0.1, 0.15) is 12.0 Å². The van der Waals surface area contributed by atoms with E-state index in [1.165, 1.54) is 0 Å². The Balaban J connectivity index is 2.78. The van der Waals surface area contributed by atoms with Gasteiger partial charge in [-0.15, -0.1) is 0 Å². The van der Waals surface area contributed by atoms with Gasteiger partial charge in [-0.25, -0.2) is 0 Å². The van der Waals surface area contributed by atoms with Crippen LogP contribution in [0.25, 0.3) is 0 Å². The zero-order valence-electron chi connectivity index (χ0n) is 10.3. The van der Waals surface area contributed by atoms with E-state index in [1.807, 2.05) is 0 Å². The van der Waals surface area contributed by atoms with E-state index in [-0.39, 0.29) is 12.8 Å². The second-order valence-corrected chi connectivity index (χ2v) is 4.07. The van der Waals surface area contributed by atoms with Crippen LogP contribution in [0.5, 0.6) is 0 Å². The lowest BCUT2D eigenvalue weighted by molar-refractivity contribution is -0.123. The highest BCUT2D eigenvalue weighted by molar-refractivity contribution is 5.98. The number of carbonyl (C=O) groups is 3. The molecule has 0 aliphatic heterocycles. The molecule has 0 saturated carbocycles. The number of benzene rings is 1. The molecule has 0 saturated heterocycles. The Morgan fingerprint density at radius 3 is 2.32 bits per heavy atom. The number of nitrogens with one attached hydrogen (secondary N) is 1. The summed E-state index contributed by atoms with van der Waals surface area (Å²) in [6.45, 7) is 0. The van der Waals surface area contributed by atoms with Crippen LogP contribution in [-0.2, 0) is 20.8 Å². The Bertz CT molecular complexity index is 502. The number of hydrogen-bond acceptors (Lipinski definition) is 4. The Morgan fingerprint density at radius 2 is 1.74 bits per heavy atom. The third-order valence-electron chi connectivity index (χ3n) is 2.40. The summed E-state index contributed by atoms with van der Waals surface area (Å²) in [4.78, 5) is 33.3. The zero-order chi connectivity index (χ0) is 14.4. The van der Waals surface area contributed by atoms with Crippen LogP contribution in [0.15, 0.2) is 24.3 Å². The quantitative estimate of drug-likeness (QED) is 0.515. The molecule has 0 heterocycles. The number of anilines is 1. The molecule has 7 N–H and O–H groups in total. The summed E-state index contributed by atoms with van der Waals surface area (Å²) in [7, 11) is 0. The van der Waals surface area contributed by atoms with Crippen molar-refractivity contribution in [2.45, 2.75) is 18.9 Å². The summed E-state index contributed by atoms with van der Waals surface area (Å²) >= 11 is 0. The largest absolute Gasteiger partial charge is 0.370 e. The van der Waals surface area contributed by atoms with E-state index in [4.69, 9.17) is 17.2 Å². The molecule has 0 aromatic heterocycles. The molecule has 0 radical (unpaired) electrons. The molecule has 3 amide bonds. The molecule has 0 spiro atoms. The number of carbonyl (C=O) groups excluding carboxylic acids is 3. The first-order valence-electron chi connectivity index (χ1n) is 5.61. The van der Waals surface area contributed by atoms with Gasteiger partial charge in [0.25, 0.3) is 0 Å². The van der Waals surface area contributed by atoms with Gasteiger partial charge >= 0.3 is 0 Å². The molecule has 1 unspecified atom stereocenters. The second-order valence-electron chi connectivity index (χ2n) is 4.07. The van der Waals surface area contributed by atoms with Crippen LogP contribution in [0.3, 0.4) is 0 Å². The van der Waals surface area contributed by atoms with Crippen molar-refractivity contribution < 1.29 is 14.4 Å². The maximum absolute atomic E-state index is 11.7.